The van der Waals surface area contributed by atoms with E-state index in [0.717, 1.165) is 47.8 Å². The molecular weight excluding hydrogens is 535 g/mol. The number of alkyl halides is 3. The van der Waals surface area contributed by atoms with Crippen LogP contribution in [0.4, 0.5) is 18.9 Å². The fraction of sp³-hybridized carbons (Fsp3) is 0.286. The highest BCUT2D eigenvalue weighted by atomic mass is 35.5. The standard InChI is InChI=1S/C26H30ClN3O2.C2HF3O2/c1-29(2)14-15-30(3)18-22-16-21(10-13-25(22)32-4)20-6-5-7-24(17-20)28-26(31)19-8-11-23(27)12-9-19;3-2(4,5)1(6)7/h5-13,16-17H,14-15,18H2,1-4H3,(H,28,31);(H,6,7). The van der Waals surface area contributed by atoms with Crippen molar-refractivity contribution in [2.24, 2.45) is 0 Å². The lowest BCUT2D eigenvalue weighted by Crippen LogP contribution is -2.28. The Morgan fingerprint density at radius 3 is 2.13 bits per heavy atom. The van der Waals surface area contributed by atoms with Gasteiger partial charge in [0.15, 0.2) is 0 Å². The molecule has 11 heteroatoms. The first-order valence-corrected chi connectivity index (χ1v) is 12.2. The molecule has 0 heterocycles. The number of amides is 1. The van der Waals surface area contributed by atoms with Gasteiger partial charge in [-0.25, -0.2) is 4.79 Å². The first kappa shape index (κ1) is 31.6. The number of carboxylic acids is 1. The van der Waals surface area contributed by atoms with Crippen LogP contribution in [0.15, 0.2) is 66.7 Å². The van der Waals surface area contributed by atoms with Gasteiger partial charge in [-0.05, 0) is 80.8 Å². The number of halogens is 4. The number of benzene rings is 3. The number of aliphatic carboxylic acids is 1. The number of hydrogen-bond acceptors (Lipinski definition) is 5. The third-order valence-corrected chi connectivity index (χ3v) is 5.70. The highest BCUT2D eigenvalue weighted by molar-refractivity contribution is 6.30. The minimum Gasteiger partial charge on any atom is -0.496 e. The highest BCUT2D eigenvalue weighted by Crippen LogP contribution is 2.29. The molecular formula is C28H31ClF3N3O4. The fourth-order valence-electron chi connectivity index (χ4n) is 3.40. The smallest absolute Gasteiger partial charge is 0.490 e. The van der Waals surface area contributed by atoms with Gasteiger partial charge in [0.05, 0.1) is 7.11 Å². The molecule has 3 aromatic carbocycles. The zero-order valence-electron chi connectivity index (χ0n) is 22.1. The number of carboxylic acid groups (broad SMARTS) is 1. The maximum atomic E-state index is 12.6. The molecule has 0 unspecified atom stereocenters. The average Bonchev–Trinajstić information content (AvgIpc) is 2.88. The van der Waals surface area contributed by atoms with Crippen LogP contribution in [-0.2, 0) is 11.3 Å². The molecule has 2 N–H and O–H groups in total. The molecule has 0 aromatic heterocycles. The number of ether oxygens (including phenoxy) is 1. The lowest BCUT2D eigenvalue weighted by molar-refractivity contribution is -0.192. The number of methoxy groups -OCH3 is 1. The Morgan fingerprint density at radius 2 is 1.56 bits per heavy atom. The van der Waals surface area contributed by atoms with Crippen LogP contribution in [0, 0.1) is 0 Å². The Kier molecular flexibility index (Phi) is 11.8. The molecule has 39 heavy (non-hydrogen) atoms. The fourth-order valence-corrected chi connectivity index (χ4v) is 3.53. The zero-order chi connectivity index (χ0) is 29.2. The van der Waals surface area contributed by atoms with Crippen LogP contribution in [0.5, 0.6) is 5.75 Å². The van der Waals surface area contributed by atoms with Crippen molar-refractivity contribution in [1.29, 1.82) is 0 Å². The summed E-state index contributed by atoms with van der Waals surface area (Å²) in [5, 5.41) is 10.7. The molecule has 0 aliphatic heterocycles. The van der Waals surface area contributed by atoms with Gasteiger partial charge in [0.1, 0.15) is 5.75 Å². The number of rotatable bonds is 9. The van der Waals surface area contributed by atoms with Crippen molar-refractivity contribution >= 4 is 29.2 Å². The number of nitrogens with zero attached hydrogens (tertiary/aromatic N) is 2. The monoisotopic (exact) mass is 565 g/mol. The molecule has 0 saturated heterocycles. The van der Waals surface area contributed by atoms with E-state index in [4.69, 9.17) is 26.2 Å². The van der Waals surface area contributed by atoms with Crippen LogP contribution in [0.25, 0.3) is 11.1 Å². The number of likely N-dealkylation sites (N-methyl/N-ethyl adjacent to an activating group) is 2. The van der Waals surface area contributed by atoms with E-state index in [1.807, 2.05) is 36.4 Å². The van der Waals surface area contributed by atoms with Crippen molar-refractivity contribution in [3.8, 4) is 16.9 Å². The van der Waals surface area contributed by atoms with E-state index < -0.39 is 12.1 Å². The maximum Gasteiger partial charge on any atom is 0.490 e. The first-order valence-electron chi connectivity index (χ1n) is 11.8. The molecule has 210 valence electrons. The van der Waals surface area contributed by atoms with Gasteiger partial charge >= 0.3 is 12.1 Å². The Labute approximate surface area is 230 Å². The molecule has 7 nitrogen and oxygen atoms in total. The second-order valence-electron chi connectivity index (χ2n) is 8.91. The SMILES string of the molecule is COc1ccc(-c2cccc(NC(=O)c3ccc(Cl)cc3)c2)cc1CN(C)CCN(C)C.O=C(O)C(F)(F)F. The molecule has 0 fully saturated rings. The van der Waals surface area contributed by atoms with Crippen molar-refractivity contribution in [1.82, 2.24) is 9.80 Å². The lowest BCUT2D eigenvalue weighted by atomic mass is 10.0. The normalized spacial score (nSPS) is 11.1. The van der Waals surface area contributed by atoms with Crippen LogP contribution in [0.1, 0.15) is 15.9 Å². The Morgan fingerprint density at radius 1 is 0.949 bits per heavy atom. The summed E-state index contributed by atoms with van der Waals surface area (Å²) in [5.74, 6) is -2.05. The molecule has 0 aliphatic carbocycles. The van der Waals surface area contributed by atoms with Crippen molar-refractivity contribution in [2.75, 3.05) is 46.7 Å². The third-order valence-electron chi connectivity index (χ3n) is 5.45. The zero-order valence-corrected chi connectivity index (χ0v) is 22.8. The van der Waals surface area contributed by atoms with E-state index in [1.165, 1.54) is 0 Å². The van der Waals surface area contributed by atoms with E-state index in [2.05, 4.69) is 42.3 Å². The molecule has 0 atom stereocenters. The quantitative estimate of drug-likeness (QED) is 0.336. The van der Waals surface area contributed by atoms with Gasteiger partial charge < -0.3 is 25.0 Å². The minimum absolute atomic E-state index is 0.170. The molecule has 1 amide bonds. The summed E-state index contributed by atoms with van der Waals surface area (Å²) >= 11 is 5.92. The largest absolute Gasteiger partial charge is 0.496 e. The molecule has 3 aromatic rings. The van der Waals surface area contributed by atoms with Crippen LogP contribution < -0.4 is 10.1 Å². The van der Waals surface area contributed by atoms with Crippen molar-refractivity contribution < 1.29 is 32.6 Å². The Bertz CT molecular complexity index is 1250. The Balaban J connectivity index is 0.000000673. The molecule has 0 bridgehead atoms. The van der Waals surface area contributed by atoms with E-state index in [1.54, 1.807) is 31.4 Å². The van der Waals surface area contributed by atoms with Gasteiger partial charge in [-0.3, -0.25) is 4.79 Å². The predicted molar refractivity (Wildman–Crippen MR) is 146 cm³/mol. The van der Waals surface area contributed by atoms with Gasteiger partial charge in [0.25, 0.3) is 5.91 Å². The van der Waals surface area contributed by atoms with Crippen LogP contribution in [-0.4, -0.2) is 74.3 Å². The summed E-state index contributed by atoms with van der Waals surface area (Å²) in [6.45, 7) is 2.75. The number of hydrogen-bond donors (Lipinski definition) is 2. The minimum atomic E-state index is -5.08. The van der Waals surface area contributed by atoms with Gasteiger partial charge in [0.2, 0.25) is 0 Å². The van der Waals surface area contributed by atoms with Crippen molar-refractivity contribution in [2.45, 2.75) is 12.7 Å². The summed E-state index contributed by atoms with van der Waals surface area (Å²) < 4.78 is 37.3. The maximum absolute atomic E-state index is 12.6. The molecule has 0 radical (unpaired) electrons. The van der Waals surface area contributed by atoms with Crippen molar-refractivity contribution in [3.63, 3.8) is 0 Å². The van der Waals surface area contributed by atoms with Crippen LogP contribution in [0.3, 0.4) is 0 Å². The molecule has 3 rings (SSSR count). The summed E-state index contributed by atoms with van der Waals surface area (Å²) in [5.41, 5.74) is 4.53. The summed E-state index contributed by atoms with van der Waals surface area (Å²) in [6.07, 6.45) is -5.08. The van der Waals surface area contributed by atoms with Crippen LogP contribution >= 0.6 is 11.6 Å². The Hall–Kier alpha value is -3.60. The first-order chi connectivity index (χ1) is 18.3. The summed E-state index contributed by atoms with van der Waals surface area (Å²) in [4.78, 5) is 25.9. The number of anilines is 1. The average molecular weight is 566 g/mol. The van der Waals surface area contributed by atoms with Crippen molar-refractivity contribution in [3.05, 3.63) is 82.9 Å². The number of carbonyl (C=O) groups is 2. The second kappa shape index (κ2) is 14.5. The second-order valence-corrected chi connectivity index (χ2v) is 9.35. The molecule has 0 saturated carbocycles. The highest BCUT2D eigenvalue weighted by Gasteiger charge is 2.38. The van der Waals surface area contributed by atoms with Gasteiger partial charge in [-0.15, -0.1) is 0 Å². The summed E-state index contributed by atoms with van der Waals surface area (Å²) in [7, 11) is 7.97. The van der Waals surface area contributed by atoms with Gasteiger partial charge in [-0.1, -0.05) is 29.8 Å². The van der Waals surface area contributed by atoms with E-state index >= 15 is 0 Å². The lowest BCUT2D eigenvalue weighted by Gasteiger charge is -2.21. The predicted octanol–water partition coefficient (Wildman–Crippen LogP) is 5.89. The van der Waals surface area contributed by atoms with Gasteiger partial charge in [-0.2, -0.15) is 13.2 Å². The number of carbonyl (C=O) groups excluding carboxylic acids is 1. The molecule has 0 spiro atoms. The summed E-state index contributed by atoms with van der Waals surface area (Å²) in [6, 6.07) is 20.9. The molecule has 0 aliphatic rings. The van der Waals surface area contributed by atoms with E-state index in [-0.39, 0.29) is 5.91 Å². The van der Waals surface area contributed by atoms with E-state index in [9.17, 15) is 18.0 Å². The van der Waals surface area contributed by atoms with Gasteiger partial charge in [0, 0.05) is 41.5 Å². The third kappa shape index (κ3) is 10.6. The number of nitrogens with one attached hydrogen (secondary N) is 1. The van der Waals surface area contributed by atoms with Crippen LogP contribution in [0.2, 0.25) is 5.02 Å². The topological polar surface area (TPSA) is 82.1 Å². The van der Waals surface area contributed by atoms with E-state index in [0.29, 0.717) is 10.6 Å².